The smallest absolute Gasteiger partial charge is 0.262 e. The number of benzene rings is 1. The van der Waals surface area contributed by atoms with Crippen molar-refractivity contribution >= 4 is 29.3 Å². The molecule has 124 valence electrons. The van der Waals surface area contributed by atoms with Gasteiger partial charge in [0.05, 0.1) is 11.1 Å². The van der Waals surface area contributed by atoms with Gasteiger partial charge in [-0.3, -0.25) is 29.4 Å². The summed E-state index contributed by atoms with van der Waals surface area (Å²) in [6.07, 6.45) is 2.54. The van der Waals surface area contributed by atoms with E-state index in [2.05, 4.69) is 10.2 Å². The van der Waals surface area contributed by atoms with Gasteiger partial charge >= 0.3 is 0 Å². The van der Waals surface area contributed by atoms with E-state index in [-0.39, 0.29) is 18.7 Å². The van der Waals surface area contributed by atoms with E-state index in [0.29, 0.717) is 11.1 Å². The number of hydrogen-bond acceptors (Lipinski definition) is 5. The SMILES string of the molecule is O=C1CCC(N2C(=O)c3ccc(N4CCCC4)cc3C2=O)C(=O)N1. The first-order valence-electron chi connectivity index (χ1n) is 8.17. The van der Waals surface area contributed by atoms with E-state index in [9.17, 15) is 19.2 Å². The molecule has 0 aliphatic carbocycles. The van der Waals surface area contributed by atoms with Gasteiger partial charge in [-0.25, -0.2) is 0 Å². The molecule has 3 heterocycles. The van der Waals surface area contributed by atoms with E-state index >= 15 is 0 Å². The van der Waals surface area contributed by atoms with Crippen molar-refractivity contribution in [1.82, 2.24) is 10.2 Å². The van der Waals surface area contributed by atoms with Crippen molar-refractivity contribution in [3.05, 3.63) is 29.3 Å². The molecular formula is C17H17N3O4. The first-order chi connectivity index (χ1) is 11.6. The van der Waals surface area contributed by atoms with E-state index in [1.807, 2.05) is 6.07 Å². The second-order valence-electron chi connectivity index (χ2n) is 6.37. The number of piperidine rings is 1. The summed E-state index contributed by atoms with van der Waals surface area (Å²) in [5.74, 6) is -1.87. The molecule has 7 nitrogen and oxygen atoms in total. The Morgan fingerprint density at radius 3 is 2.38 bits per heavy atom. The predicted octanol–water partition coefficient (Wildman–Crippen LogP) is 0.688. The van der Waals surface area contributed by atoms with Crippen LogP contribution in [0.3, 0.4) is 0 Å². The van der Waals surface area contributed by atoms with Crippen molar-refractivity contribution in [2.75, 3.05) is 18.0 Å². The highest BCUT2D eigenvalue weighted by Gasteiger charge is 2.44. The highest BCUT2D eigenvalue weighted by Crippen LogP contribution is 2.31. The Bertz CT molecular complexity index is 767. The average Bonchev–Trinajstić information content (AvgIpc) is 3.17. The van der Waals surface area contributed by atoms with Crippen LogP contribution in [0.15, 0.2) is 18.2 Å². The van der Waals surface area contributed by atoms with Crippen LogP contribution in [0, 0.1) is 0 Å². The Morgan fingerprint density at radius 2 is 1.67 bits per heavy atom. The van der Waals surface area contributed by atoms with E-state index < -0.39 is 23.8 Å². The molecule has 1 N–H and O–H groups in total. The number of anilines is 1. The molecule has 0 aromatic heterocycles. The number of rotatable bonds is 2. The van der Waals surface area contributed by atoms with Crippen LogP contribution >= 0.6 is 0 Å². The molecule has 1 unspecified atom stereocenters. The Hall–Kier alpha value is -2.70. The average molecular weight is 327 g/mol. The molecule has 7 heteroatoms. The summed E-state index contributed by atoms with van der Waals surface area (Å²) in [6, 6.07) is 4.34. The fourth-order valence-corrected chi connectivity index (χ4v) is 3.63. The largest absolute Gasteiger partial charge is 0.372 e. The molecule has 0 bridgehead atoms. The lowest BCUT2D eigenvalue weighted by Crippen LogP contribution is -2.54. The predicted molar refractivity (Wildman–Crippen MR) is 84.6 cm³/mol. The highest BCUT2D eigenvalue weighted by atomic mass is 16.2. The number of carbonyl (C=O) groups is 4. The maximum atomic E-state index is 12.7. The molecule has 0 spiro atoms. The van der Waals surface area contributed by atoms with Gasteiger partial charge in [-0.05, 0) is 37.5 Å². The van der Waals surface area contributed by atoms with Crippen molar-refractivity contribution in [3.8, 4) is 0 Å². The monoisotopic (exact) mass is 327 g/mol. The van der Waals surface area contributed by atoms with Crippen molar-refractivity contribution in [1.29, 1.82) is 0 Å². The number of nitrogens with one attached hydrogen (secondary N) is 1. The third-order valence-electron chi connectivity index (χ3n) is 4.89. The molecule has 3 aliphatic rings. The van der Waals surface area contributed by atoms with Gasteiger partial charge in [0.2, 0.25) is 11.8 Å². The van der Waals surface area contributed by atoms with Gasteiger partial charge in [0.25, 0.3) is 11.8 Å². The van der Waals surface area contributed by atoms with E-state index in [0.717, 1.165) is 36.5 Å². The molecule has 1 aromatic carbocycles. The normalized spacial score (nSPS) is 23.8. The van der Waals surface area contributed by atoms with Gasteiger partial charge < -0.3 is 4.90 Å². The first kappa shape index (κ1) is 14.9. The fourth-order valence-electron chi connectivity index (χ4n) is 3.63. The maximum absolute atomic E-state index is 12.7. The Kier molecular flexibility index (Phi) is 3.37. The summed E-state index contributed by atoms with van der Waals surface area (Å²) in [5.41, 5.74) is 1.60. The zero-order valence-electron chi connectivity index (χ0n) is 13.1. The standard InChI is InChI=1S/C17H17N3O4/c21-14-6-5-13(15(22)18-14)20-16(23)11-4-3-10(9-12(11)17(20)24)19-7-1-2-8-19/h3-4,9,13H,1-2,5-8H2,(H,18,21,22). The van der Waals surface area contributed by atoms with Crippen molar-refractivity contribution in [2.24, 2.45) is 0 Å². The molecule has 4 amide bonds. The van der Waals surface area contributed by atoms with Crippen LogP contribution in [0.5, 0.6) is 0 Å². The summed E-state index contributed by atoms with van der Waals surface area (Å²) < 4.78 is 0. The maximum Gasteiger partial charge on any atom is 0.262 e. The quantitative estimate of drug-likeness (QED) is 0.808. The third-order valence-corrected chi connectivity index (χ3v) is 4.89. The minimum absolute atomic E-state index is 0.128. The molecule has 0 saturated carbocycles. The van der Waals surface area contributed by atoms with Gasteiger partial charge in [0.15, 0.2) is 0 Å². The third kappa shape index (κ3) is 2.19. The lowest BCUT2D eigenvalue weighted by molar-refractivity contribution is -0.136. The van der Waals surface area contributed by atoms with Crippen LogP contribution in [0.4, 0.5) is 5.69 Å². The lowest BCUT2D eigenvalue weighted by atomic mass is 10.0. The minimum atomic E-state index is -0.912. The van der Waals surface area contributed by atoms with Gasteiger partial charge in [0, 0.05) is 25.2 Å². The molecule has 24 heavy (non-hydrogen) atoms. The van der Waals surface area contributed by atoms with Crippen molar-refractivity contribution in [3.63, 3.8) is 0 Å². The van der Waals surface area contributed by atoms with Gasteiger partial charge in [-0.15, -0.1) is 0 Å². The number of nitrogens with zero attached hydrogens (tertiary/aromatic N) is 2. The molecule has 1 atom stereocenters. The number of hydrogen-bond donors (Lipinski definition) is 1. The second kappa shape index (κ2) is 5.43. The molecule has 1 aromatic rings. The summed E-state index contributed by atoms with van der Waals surface area (Å²) >= 11 is 0. The molecule has 0 radical (unpaired) electrons. The summed E-state index contributed by atoms with van der Waals surface area (Å²) in [7, 11) is 0. The molecule has 2 fully saturated rings. The van der Waals surface area contributed by atoms with Crippen LogP contribution in [0.2, 0.25) is 0 Å². The number of fused-ring (bicyclic) bond motifs is 1. The van der Waals surface area contributed by atoms with Crippen LogP contribution in [-0.4, -0.2) is 47.7 Å². The molecule has 3 aliphatic heterocycles. The Balaban J connectivity index is 1.65. The lowest BCUT2D eigenvalue weighted by Gasteiger charge is -2.27. The Morgan fingerprint density at radius 1 is 0.958 bits per heavy atom. The van der Waals surface area contributed by atoms with Gasteiger partial charge in [-0.1, -0.05) is 0 Å². The summed E-state index contributed by atoms with van der Waals surface area (Å²) in [5, 5.41) is 2.20. The number of carbonyl (C=O) groups excluding carboxylic acids is 4. The highest BCUT2D eigenvalue weighted by molar-refractivity contribution is 6.23. The zero-order valence-corrected chi connectivity index (χ0v) is 13.1. The van der Waals surface area contributed by atoms with E-state index in [1.165, 1.54) is 0 Å². The molecule has 4 rings (SSSR count). The van der Waals surface area contributed by atoms with E-state index in [1.54, 1.807) is 12.1 Å². The summed E-state index contributed by atoms with van der Waals surface area (Å²) in [4.78, 5) is 51.8. The fraction of sp³-hybridized carbons (Fsp3) is 0.412. The topological polar surface area (TPSA) is 86.8 Å². The second-order valence-corrected chi connectivity index (χ2v) is 6.37. The summed E-state index contributed by atoms with van der Waals surface area (Å²) in [6.45, 7) is 1.88. The van der Waals surface area contributed by atoms with Crippen LogP contribution in [-0.2, 0) is 9.59 Å². The number of imide groups is 2. The van der Waals surface area contributed by atoms with Crippen LogP contribution in [0.25, 0.3) is 0 Å². The molecular weight excluding hydrogens is 310 g/mol. The molecule has 2 saturated heterocycles. The Labute approximate surface area is 138 Å². The van der Waals surface area contributed by atoms with Crippen molar-refractivity contribution < 1.29 is 19.2 Å². The minimum Gasteiger partial charge on any atom is -0.372 e. The van der Waals surface area contributed by atoms with Gasteiger partial charge in [-0.2, -0.15) is 0 Å². The van der Waals surface area contributed by atoms with Crippen molar-refractivity contribution in [2.45, 2.75) is 31.7 Å². The van der Waals surface area contributed by atoms with Gasteiger partial charge in [0.1, 0.15) is 6.04 Å². The number of amides is 4. The van der Waals surface area contributed by atoms with Crippen LogP contribution in [0.1, 0.15) is 46.4 Å². The zero-order chi connectivity index (χ0) is 16.8. The first-order valence-corrected chi connectivity index (χ1v) is 8.17. The van der Waals surface area contributed by atoms with E-state index in [4.69, 9.17) is 0 Å². The van der Waals surface area contributed by atoms with Crippen LogP contribution < -0.4 is 10.2 Å².